The third-order valence-electron chi connectivity index (χ3n) is 2.81. The summed E-state index contributed by atoms with van der Waals surface area (Å²) in [6, 6.07) is 9.25. The van der Waals surface area contributed by atoms with Crippen molar-refractivity contribution in [3.05, 3.63) is 30.3 Å². The largest absolute Gasteiger partial charge is 0.434 e. The molecule has 0 aromatic heterocycles. The van der Waals surface area contributed by atoms with Crippen molar-refractivity contribution in [2.75, 3.05) is 0 Å². The van der Waals surface area contributed by atoms with E-state index in [-0.39, 0.29) is 6.04 Å². The minimum absolute atomic E-state index is 0.171. The van der Waals surface area contributed by atoms with E-state index in [1.807, 2.05) is 18.2 Å². The fourth-order valence-electron chi connectivity index (χ4n) is 1.97. The minimum atomic E-state index is -0.460. The molecule has 85 valence electrons. The second-order valence-corrected chi connectivity index (χ2v) is 4.10. The van der Waals surface area contributed by atoms with Crippen LogP contribution in [-0.2, 0) is 0 Å². The molecular formula is C13H16NO2. The molecule has 0 unspecified atom stereocenters. The Kier molecular flexibility index (Phi) is 3.81. The molecular weight excluding hydrogens is 202 g/mol. The van der Waals surface area contributed by atoms with Crippen LogP contribution in [0, 0.1) is 0 Å². The van der Waals surface area contributed by atoms with Crippen molar-refractivity contribution in [1.29, 1.82) is 0 Å². The quantitative estimate of drug-likeness (QED) is 0.765. The maximum Gasteiger partial charge on any atom is 0.434 e. The average Bonchev–Trinajstić information content (AvgIpc) is 2.31. The van der Waals surface area contributed by atoms with E-state index in [2.05, 4.69) is 5.32 Å². The fourth-order valence-corrected chi connectivity index (χ4v) is 1.97. The number of hydrogen-bond donors (Lipinski definition) is 0. The molecule has 1 aliphatic carbocycles. The lowest BCUT2D eigenvalue weighted by Crippen LogP contribution is -2.31. The van der Waals surface area contributed by atoms with Gasteiger partial charge in [0, 0.05) is 0 Å². The maximum atomic E-state index is 11.5. The van der Waals surface area contributed by atoms with Gasteiger partial charge in [-0.3, -0.25) is 0 Å². The van der Waals surface area contributed by atoms with Gasteiger partial charge in [-0.15, -0.1) is 0 Å². The van der Waals surface area contributed by atoms with Crippen LogP contribution in [0.1, 0.15) is 32.1 Å². The fraction of sp³-hybridized carbons (Fsp3) is 0.462. The van der Waals surface area contributed by atoms with Crippen molar-refractivity contribution in [3.8, 4) is 5.75 Å². The second kappa shape index (κ2) is 5.54. The van der Waals surface area contributed by atoms with E-state index in [4.69, 9.17) is 4.74 Å². The van der Waals surface area contributed by atoms with Crippen LogP contribution >= 0.6 is 0 Å². The molecule has 3 heteroatoms. The van der Waals surface area contributed by atoms with E-state index in [0.717, 1.165) is 12.8 Å². The first kappa shape index (κ1) is 11.0. The molecule has 16 heavy (non-hydrogen) atoms. The molecule has 0 heterocycles. The van der Waals surface area contributed by atoms with Gasteiger partial charge in [-0.2, -0.15) is 0 Å². The predicted molar refractivity (Wildman–Crippen MR) is 61.5 cm³/mol. The summed E-state index contributed by atoms with van der Waals surface area (Å²) in [6.07, 6.45) is 5.19. The molecule has 3 nitrogen and oxygen atoms in total. The zero-order valence-electron chi connectivity index (χ0n) is 9.26. The average molecular weight is 218 g/mol. The first-order chi connectivity index (χ1) is 7.84. The Bertz CT molecular complexity index is 331. The van der Waals surface area contributed by atoms with Crippen molar-refractivity contribution in [2.24, 2.45) is 0 Å². The van der Waals surface area contributed by atoms with E-state index in [1.165, 1.54) is 19.3 Å². The summed E-state index contributed by atoms with van der Waals surface area (Å²) in [5, 5.41) is 4.07. The second-order valence-electron chi connectivity index (χ2n) is 4.10. The first-order valence-electron chi connectivity index (χ1n) is 5.82. The van der Waals surface area contributed by atoms with Gasteiger partial charge in [-0.1, -0.05) is 37.5 Å². The summed E-state index contributed by atoms with van der Waals surface area (Å²) in [4.78, 5) is 11.5. The number of rotatable bonds is 2. The van der Waals surface area contributed by atoms with Gasteiger partial charge < -0.3 is 4.74 Å². The SMILES string of the molecule is O=C([N]C1CCCCC1)Oc1ccccc1. The molecule has 1 saturated carbocycles. The first-order valence-corrected chi connectivity index (χ1v) is 5.82. The molecule has 1 aromatic carbocycles. The van der Waals surface area contributed by atoms with Crippen LogP contribution in [0.4, 0.5) is 4.79 Å². The number of para-hydroxylation sites is 1. The summed E-state index contributed by atoms with van der Waals surface area (Å²) in [5.41, 5.74) is 0. The molecule has 0 aliphatic heterocycles. The molecule has 0 spiro atoms. The van der Waals surface area contributed by atoms with Crippen LogP contribution in [-0.4, -0.2) is 12.1 Å². The highest BCUT2D eigenvalue weighted by atomic mass is 16.6. The Morgan fingerprint density at radius 3 is 2.50 bits per heavy atom. The zero-order valence-corrected chi connectivity index (χ0v) is 9.26. The van der Waals surface area contributed by atoms with Crippen molar-refractivity contribution in [3.63, 3.8) is 0 Å². The molecule has 0 saturated heterocycles. The van der Waals surface area contributed by atoms with E-state index in [0.29, 0.717) is 5.75 Å². The normalized spacial score (nSPS) is 16.8. The van der Waals surface area contributed by atoms with Crippen LogP contribution in [0.15, 0.2) is 30.3 Å². The van der Waals surface area contributed by atoms with Crippen LogP contribution in [0.2, 0.25) is 0 Å². The predicted octanol–water partition coefficient (Wildman–Crippen LogP) is 3.12. The van der Waals surface area contributed by atoms with Crippen LogP contribution < -0.4 is 10.1 Å². The van der Waals surface area contributed by atoms with Gasteiger partial charge in [0.15, 0.2) is 0 Å². The lowest BCUT2D eigenvalue weighted by atomic mass is 9.96. The molecule has 0 bridgehead atoms. The number of carbonyl (C=O) groups is 1. The maximum absolute atomic E-state index is 11.5. The number of benzene rings is 1. The van der Waals surface area contributed by atoms with Crippen molar-refractivity contribution >= 4 is 6.09 Å². The van der Waals surface area contributed by atoms with Gasteiger partial charge in [0.1, 0.15) is 5.75 Å². The van der Waals surface area contributed by atoms with Crippen molar-refractivity contribution < 1.29 is 9.53 Å². The van der Waals surface area contributed by atoms with Gasteiger partial charge >= 0.3 is 6.09 Å². The lowest BCUT2D eigenvalue weighted by molar-refractivity contribution is 0.190. The molecule has 1 fully saturated rings. The Balaban J connectivity index is 1.80. The van der Waals surface area contributed by atoms with Gasteiger partial charge in [0.2, 0.25) is 0 Å². The summed E-state index contributed by atoms with van der Waals surface area (Å²) >= 11 is 0. The Morgan fingerprint density at radius 1 is 1.12 bits per heavy atom. The highest BCUT2D eigenvalue weighted by Gasteiger charge is 2.18. The molecule has 1 aliphatic rings. The minimum Gasteiger partial charge on any atom is -0.409 e. The third-order valence-corrected chi connectivity index (χ3v) is 2.81. The highest BCUT2D eigenvalue weighted by molar-refractivity contribution is 5.70. The molecule has 1 radical (unpaired) electrons. The van der Waals surface area contributed by atoms with E-state index >= 15 is 0 Å². The monoisotopic (exact) mass is 218 g/mol. The van der Waals surface area contributed by atoms with Crippen molar-refractivity contribution in [2.45, 2.75) is 38.1 Å². The number of nitrogens with zero attached hydrogens (tertiary/aromatic N) is 1. The summed E-state index contributed by atoms with van der Waals surface area (Å²) in [7, 11) is 0. The van der Waals surface area contributed by atoms with Crippen molar-refractivity contribution in [1.82, 2.24) is 5.32 Å². The van der Waals surface area contributed by atoms with Gasteiger partial charge in [-0.25, -0.2) is 10.1 Å². The number of hydrogen-bond acceptors (Lipinski definition) is 2. The molecule has 2 rings (SSSR count). The van der Waals surface area contributed by atoms with Gasteiger partial charge in [0.25, 0.3) is 0 Å². The zero-order chi connectivity index (χ0) is 11.2. The summed E-state index contributed by atoms with van der Waals surface area (Å²) in [5.74, 6) is 0.562. The smallest absolute Gasteiger partial charge is 0.409 e. The Labute approximate surface area is 95.8 Å². The van der Waals surface area contributed by atoms with Gasteiger partial charge in [-0.05, 0) is 25.0 Å². The molecule has 0 N–H and O–H groups in total. The number of amides is 1. The van der Waals surface area contributed by atoms with E-state index in [9.17, 15) is 4.79 Å². The molecule has 0 atom stereocenters. The highest BCUT2D eigenvalue weighted by Crippen LogP contribution is 2.18. The third kappa shape index (κ3) is 3.26. The Hall–Kier alpha value is -1.51. The lowest BCUT2D eigenvalue weighted by Gasteiger charge is -2.19. The van der Waals surface area contributed by atoms with Crippen LogP contribution in [0.25, 0.3) is 0 Å². The molecule has 1 amide bonds. The summed E-state index contributed by atoms with van der Waals surface area (Å²) in [6.45, 7) is 0. The van der Waals surface area contributed by atoms with E-state index in [1.54, 1.807) is 12.1 Å². The topological polar surface area (TPSA) is 40.4 Å². The number of ether oxygens (including phenoxy) is 1. The van der Waals surface area contributed by atoms with Gasteiger partial charge in [0.05, 0.1) is 6.04 Å². The Morgan fingerprint density at radius 2 is 1.81 bits per heavy atom. The van der Waals surface area contributed by atoms with Crippen LogP contribution in [0.3, 0.4) is 0 Å². The number of carbonyl (C=O) groups excluding carboxylic acids is 1. The molecule has 1 aromatic rings. The summed E-state index contributed by atoms with van der Waals surface area (Å²) < 4.78 is 5.11. The van der Waals surface area contributed by atoms with Crippen LogP contribution in [0.5, 0.6) is 5.75 Å². The van der Waals surface area contributed by atoms with E-state index < -0.39 is 6.09 Å². The standard InChI is InChI=1S/C13H16NO2/c15-13(14-11-7-3-1-4-8-11)16-12-9-5-2-6-10-12/h2,5-6,9-11H,1,3-4,7-8H2.